The maximum atomic E-state index is 13.4. The van der Waals surface area contributed by atoms with Gasteiger partial charge in [-0.2, -0.15) is 18.3 Å². The highest BCUT2D eigenvalue weighted by molar-refractivity contribution is 5.88. The number of aromatic hydroxyl groups is 2. The molecule has 0 saturated heterocycles. The molecule has 9 heteroatoms. The standard InChI is InChI=1S/C16H13F3N2O4/c1-2-5-21-7-8(6-20-21)11-12(23)9-3-4-10(22)13(24)14(9)25-15(11)16(17,18)19/h3-4,6-7,22,24H,2,5H2,1H3. The molecule has 0 fully saturated rings. The predicted octanol–water partition coefficient (Wildman–Crippen LogP) is 3.50. The van der Waals surface area contributed by atoms with E-state index in [2.05, 4.69) is 5.10 Å². The van der Waals surface area contributed by atoms with Gasteiger partial charge in [0.05, 0.1) is 17.1 Å². The summed E-state index contributed by atoms with van der Waals surface area (Å²) in [4.78, 5) is 12.6. The molecular formula is C16H13F3N2O4. The van der Waals surface area contributed by atoms with Gasteiger partial charge < -0.3 is 14.6 Å². The first-order valence-corrected chi connectivity index (χ1v) is 7.35. The van der Waals surface area contributed by atoms with Gasteiger partial charge in [-0.1, -0.05) is 6.92 Å². The lowest BCUT2D eigenvalue weighted by Crippen LogP contribution is -2.16. The van der Waals surface area contributed by atoms with Gasteiger partial charge in [-0.15, -0.1) is 0 Å². The second-order valence-electron chi connectivity index (χ2n) is 5.44. The third-order valence-electron chi connectivity index (χ3n) is 3.65. The molecule has 0 unspecified atom stereocenters. The Bertz CT molecular complexity index is 1010. The van der Waals surface area contributed by atoms with Crippen LogP contribution in [-0.2, 0) is 12.7 Å². The molecular weight excluding hydrogens is 341 g/mol. The van der Waals surface area contributed by atoms with Crippen LogP contribution in [0.2, 0.25) is 0 Å². The van der Waals surface area contributed by atoms with Crippen LogP contribution >= 0.6 is 0 Å². The van der Waals surface area contributed by atoms with Crippen molar-refractivity contribution in [2.24, 2.45) is 0 Å². The van der Waals surface area contributed by atoms with Gasteiger partial charge in [-0.3, -0.25) is 9.48 Å². The lowest BCUT2D eigenvalue weighted by molar-refractivity contribution is -0.152. The van der Waals surface area contributed by atoms with Crippen LogP contribution in [-0.4, -0.2) is 20.0 Å². The number of halogens is 3. The molecule has 2 heterocycles. The number of benzene rings is 1. The summed E-state index contributed by atoms with van der Waals surface area (Å²) in [5, 5.41) is 22.8. The number of hydrogen-bond acceptors (Lipinski definition) is 5. The number of fused-ring (bicyclic) bond motifs is 1. The summed E-state index contributed by atoms with van der Waals surface area (Å²) in [5.41, 5.74) is -2.42. The molecule has 0 atom stereocenters. The summed E-state index contributed by atoms with van der Waals surface area (Å²) < 4.78 is 46.5. The van der Waals surface area contributed by atoms with E-state index in [0.29, 0.717) is 13.0 Å². The highest BCUT2D eigenvalue weighted by atomic mass is 19.4. The van der Waals surface area contributed by atoms with Gasteiger partial charge in [0.25, 0.3) is 0 Å². The summed E-state index contributed by atoms with van der Waals surface area (Å²) in [6, 6.07) is 2.10. The van der Waals surface area contributed by atoms with Crippen molar-refractivity contribution in [3.05, 3.63) is 40.5 Å². The molecule has 6 nitrogen and oxygen atoms in total. The van der Waals surface area contributed by atoms with E-state index in [0.717, 1.165) is 18.3 Å². The molecule has 0 aliphatic heterocycles. The minimum Gasteiger partial charge on any atom is -0.504 e. The molecule has 1 aromatic carbocycles. The summed E-state index contributed by atoms with van der Waals surface area (Å²) in [6.45, 7) is 2.36. The van der Waals surface area contributed by atoms with Crippen LogP contribution in [0.3, 0.4) is 0 Å². The molecule has 0 aliphatic carbocycles. The number of phenolic OH excluding ortho intramolecular Hbond substituents is 2. The van der Waals surface area contributed by atoms with Crippen molar-refractivity contribution in [3.63, 3.8) is 0 Å². The van der Waals surface area contributed by atoms with Crippen LogP contribution in [0.25, 0.3) is 22.1 Å². The van der Waals surface area contributed by atoms with Gasteiger partial charge in [0.1, 0.15) is 0 Å². The Labute approximate surface area is 138 Å². The van der Waals surface area contributed by atoms with Crippen molar-refractivity contribution in [1.29, 1.82) is 0 Å². The third-order valence-corrected chi connectivity index (χ3v) is 3.65. The van der Waals surface area contributed by atoms with Crippen molar-refractivity contribution >= 4 is 11.0 Å². The van der Waals surface area contributed by atoms with Crippen LogP contribution in [0, 0.1) is 0 Å². The summed E-state index contributed by atoms with van der Waals surface area (Å²) >= 11 is 0. The Morgan fingerprint density at radius 1 is 1.28 bits per heavy atom. The van der Waals surface area contributed by atoms with E-state index in [1.165, 1.54) is 10.9 Å². The number of hydrogen-bond donors (Lipinski definition) is 2. The molecule has 2 aromatic heterocycles. The first-order valence-electron chi connectivity index (χ1n) is 7.35. The Kier molecular flexibility index (Phi) is 3.94. The maximum Gasteiger partial charge on any atom is 0.450 e. The summed E-state index contributed by atoms with van der Waals surface area (Å²) in [5.74, 6) is -3.16. The van der Waals surface area contributed by atoms with E-state index in [-0.39, 0.29) is 10.9 Å². The minimum absolute atomic E-state index is 0.0380. The topological polar surface area (TPSA) is 88.5 Å². The highest BCUT2D eigenvalue weighted by Crippen LogP contribution is 2.40. The van der Waals surface area contributed by atoms with E-state index in [1.807, 2.05) is 6.92 Å². The summed E-state index contributed by atoms with van der Waals surface area (Å²) in [6.07, 6.45) is -1.78. The Morgan fingerprint density at radius 3 is 2.64 bits per heavy atom. The Balaban J connectivity index is 2.38. The van der Waals surface area contributed by atoms with E-state index in [9.17, 15) is 28.2 Å². The van der Waals surface area contributed by atoms with Crippen molar-refractivity contribution < 1.29 is 27.8 Å². The van der Waals surface area contributed by atoms with E-state index in [4.69, 9.17) is 4.42 Å². The average molecular weight is 354 g/mol. The van der Waals surface area contributed by atoms with Crippen molar-refractivity contribution in [2.75, 3.05) is 0 Å². The first kappa shape index (κ1) is 16.9. The normalized spacial score (nSPS) is 12.0. The summed E-state index contributed by atoms with van der Waals surface area (Å²) in [7, 11) is 0. The maximum absolute atomic E-state index is 13.4. The molecule has 132 valence electrons. The van der Waals surface area contributed by atoms with Crippen LogP contribution in [0.1, 0.15) is 19.1 Å². The number of nitrogens with zero attached hydrogens (tertiary/aromatic N) is 2. The molecule has 3 aromatic rings. The zero-order valence-electron chi connectivity index (χ0n) is 13.0. The fraction of sp³-hybridized carbons (Fsp3) is 0.250. The Hall–Kier alpha value is -2.97. The van der Waals surface area contributed by atoms with Crippen LogP contribution in [0.4, 0.5) is 13.2 Å². The van der Waals surface area contributed by atoms with Crippen LogP contribution in [0.15, 0.2) is 33.7 Å². The predicted molar refractivity (Wildman–Crippen MR) is 82.3 cm³/mol. The third kappa shape index (κ3) is 2.81. The number of rotatable bonds is 3. The second kappa shape index (κ2) is 5.83. The molecule has 0 amide bonds. The van der Waals surface area contributed by atoms with E-state index >= 15 is 0 Å². The van der Waals surface area contributed by atoms with Gasteiger partial charge in [-0.05, 0) is 18.6 Å². The van der Waals surface area contributed by atoms with Crippen LogP contribution < -0.4 is 5.43 Å². The number of aryl methyl sites for hydroxylation is 1. The molecule has 2 N–H and O–H groups in total. The van der Waals surface area contributed by atoms with Crippen LogP contribution in [0.5, 0.6) is 11.5 Å². The zero-order chi connectivity index (χ0) is 18.4. The van der Waals surface area contributed by atoms with E-state index in [1.54, 1.807) is 0 Å². The fourth-order valence-electron chi connectivity index (χ4n) is 2.54. The lowest BCUT2D eigenvalue weighted by Gasteiger charge is -2.12. The largest absolute Gasteiger partial charge is 0.504 e. The molecule has 0 aliphatic rings. The number of phenols is 2. The molecule has 3 rings (SSSR count). The van der Waals surface area contributed by atoms with Crippen molar-refractivity contribution in [2.45, 2.75) is 26.1 Å². The average Bonchev–Trinajstić information content (AvgIpc) is 2.98. The molecule has 0 saturated carbocycles. The lowest BCUT2D eigenvalue weighted by atomic mass is 10.0. The van der Waals surface area contributed by atoms with Gasteiger partial charge in [-0.25, -0.2) is 0 Å². The minimum atomic E-state index is -4.98. The quantitative estimate of drug-likeness (QED) is 0.703. The van der Waals surface area contributed by atoms with Gasteiger partial charge in [0.2, 0.25) is 16.9 Å². The number of aromatic nitrogens is 2. The van der Waals surface area contributed by atoms with Crippen molar-refractivity contribution in [1.82, 2.24) is 9.78 Å². The Morgan fingerprint density at radius 2 is 2.00 bits per heavy atom. The number of alkyl halides is 3. The second-order valence-corrected chi connectivity index (χ2v) is 5.44. The first-order chi connectivity index (χ1) is 11.7. The van der Waals surface area contributed by atoms with Gasteiger partial charge in [0, 0.05) is 18.3 Å². The smallest absolute Gasteiger partial charge is 0.450 e. The highest BCUT2D eigenvalue weighted by Gasteiger charge is 2.40. The monoisotopic (exact) mass is 354 g/mol. The SMILES string of the molecule is CCCn1cc(-c2c(C(F)(F)F)oc3c(O)c(O)ccc3c2=O)cn1. The molecule has 0 spiro atoms. The van der Waals surface area contributed by atoms with Gasteiger partial charge >= 0.3 is 6.18 Å². The van der Waals surface area contributed by atoms with Gasteiger partial charge in [0.15, 0.2) is 11.3 Å². The van der Waals surface area contributed by atoms with E-state index < -0.39 is 40.0 Å². The molecule has 25 heavy (non-hydrogen) atoms. The zero-order valence-corrected chi connectivity index (χ0v) is 13.0. The molecule has 0 radical (unpaired) electrons. The van der Waals surface area contributed by atoms with Crippen molar-refractivity contribution in [3.8, 4) is 22.6 Å². The molecule has 0 bridgehead atoms. The fourth-order valence-corrected chi connectivity index (χ4v) is 2.54.